The van der Waals surface area contributed by atoms with E-state index in [-0.39, 0.29) is 5.75 Å². The van der Waals surface area contributed by atoms with E-state index < -0.39 is 0 Å². The Balaban J connectivity index is 2.36. The van der Waals surface area contributed by atoms with Gasteiger partial charge in [0, 0.05) is 18.4 Å². The molecular formula is C12H14O4. The topological polar surface area (TPSA) is 55.8 Å². The lowest BCUT2D eigenvalue weighted by Gasteiger charge is -2.13. The molecule has 1 N–H and O–H groups in total. The highest BCUT2D eigenvalue weighted by molar-refractivity contribution is 5.57. The van der Waals surface area contributed by atoms with Crippen molar-refractivity contribution in [2.75, 3.05) is 13.2 Å². The van der Waals surface area contributed by atoms with Gasteiger partial charge in [0.05, 0.1) is 13.2 Å². The summed E-state index contributed by atoms with van der Waals surface area (Å²) in [6.07, 6.45) is 2.49. The number of aldehydes is 1. The molecule has 16 heavy (non-hydrogen) atoms. The van der Waals surface area contributed by atoms with Crippen LogP contribution >= 0.6 is 0 Å². The SMILES string of the molecule is O=CCCc1c(O)ccc2c1OCCCO2. The molecule has 0 fully saturated rings. The number of carbonyl (C=O) groups is 1. The maximum absolute atomic E-state index is 10.4. The summed E-state index contributed by atoms with van der Waals surface area (Å²) in [7, 11) is 0. The predicted octanol–water partition coefficient (Wildman–Crippen LogP) is 1.69. The number of phenolic OH excluding ortho intramolecular Hbond substituents is 1. The first kappa shape index (κ1) is 10.8. The molecule has 0 radical (unpaired) electrons. The molecule has 0 aliphatic carbocycles. The maximum atomic E-state index is 10.4. The Labute approximate surface area is 93.8 Å². The Kier molecular flexibility index (Phi) is 3.29. The molecule has 0 aromatic heterocycles. The molecule has 0 amide bonds. The van der Waals surface area contributed by atoms with Crippen LogP contribution in [0.1, 0.15) is 18.4 Å². The molecule has 1 aliphatic heterocycles. The number of aromatic hydroxyl groups is 1. The summed E-state index contributed by atoms with van der Waals surface area (Å²) >= 11 is 0. The van der Waals surface area contributed by atoms with Crippen molar-refractivity contribution in [3.05, 3.63) is 17.7 Å². The van der Waals surface area contributed by atoms with E-state index in [1.165, 1.54) is 0 Å². The summed E-state index contributed by atoms with van der Waals surface area (Å²) in [4.78, 5) is 10.4. The third kappa shape index (κ3) is 2.10. The summed E-state index contributed by atoms with van der Waals surface area (Å²) in [6.45, 7) is 1.19. The summed E-state index contributed by atoms with van der Waals surface area (Å²) in [5.74, 6) is 1.39. The largest absolute Gasteiger partial charge is 0.508 e. The highest BCUT2D eigenvalue weighted by Crippen LogP contribution is 2.38. The van der Waals surface area contributed by atoms with Gasteiger partial charge in [-0.05, 0) is 18.6 Å². The van der Waals surface area contributed by atoms with Gasteiger partial charge in [0.25, 0.3) is 0 Å². The fraction of sp³-hybridized carbons (Fsp3) is 0.417. The highest BCUT2D eigenvalue weighted by Gasteiger charge is 2.17. The first-order valence-corrected chi connectivity index (χ1v) is 5.37. The Hall–Kier alpha value is -1.71. The quantitative estimate of drug-likeness (QED) is 0.790. The molecule has 1 aliphatic rings. The van der Waals surface area contributed by atoms with Crippen LogP contribution in [-0.2, 0) is 11.2 Å². The van der Waals surface area contributed by atoms with Crippen LogP contribution in [0.5, 0.6) is 17.2 Å². The lowest BCUT2D eigenvalue weighted by atomic mass is 10.1. The van der Waals surface area contributed by atoms with Gasteiger partial charge in [-0.3, -0.25) is 0 Å². The fourth-order valence-electron chi connectivity index (χ4n) is 1.73. The lowest BCUT2D eigenvalue weighted by Crippen LogP contribution is -1.99. The minimum absolute atomic E-state index is 0.158. The normalized spacial score (nSPS) is 14.2. The molecule has 1 aromatic carbocycles. The molecule has 1 aromatic rings. The van der Waals surface area contributed by atoms with Gasteiger partial charge in [-0.2, -0.15) is 0 Å². The first-order chi connectivity index (χ1) is 7.83. The van der Waals surface area contributed by atoms with Gasteiger partial charge in [-0.25, -0.2) is 0 Å². The minimum atomic E-state index is 0.158. The van der Waals surface area contributed by atoms with Gasteiger partial charge in [0.15, 0.2) is 11.5 Å². The molecule has 86 valence electrons. The van der Waals surface area contributed by atoms with Crippen LogP contribution in [0.4, 0.5) is 0 Å². The van der Waals surface area contributed by atoms with E-state index >= 15 is 0 Å². The van der Waals surface area contributed by atoms with Crippen molar-refractivity contribution in [1.82, 2.24) is 0 Å². The van der Waals surface area contributed by atoms with Gasteiger partial charge in [-0.15, -0.1) is 0 Å². The lowest BCUT2D eigenvalue weighted by molar-refractivity contribution is -0.107. The van der Waals surface area contributed by atoms with E-state index in [1.54, 1.807) is 12.1 Å². The van der Waals surface area contributed by atoms with Crippen molar-refractivity contribution >= 4 is 6.29 Å². The molecular weight excluding hydrogens is 208 g/mol. The van der Waals surface area contributed by atoms with Crippen molar-refractivity contribution in [3.8, 4) is 17.2 Å². The first-order valence-electron chi connectivity index (χ1n) is 5.37. The van der Waals surface area contributed by atoms with Gasteiger partial charge in [-0.1, -0.05) is 0 Å². The third-order valence-corrected chi connectivity index (χ3v) is 2.50. The second-order valence-electron chi connectivity index (χ2n) is 3.65. The zero-order chi connectivity index (χ0) is 11.4. The van der Waals surface area contributed by atoms with Crippen LogP contribution in [-0.4, -0.2) is 24.6 Å². The number of fused-ring (bicyclic) bond motifs is 1. The zero-order valence-electron chi connectivity index (χ0n) is 8.94. The molecule has 0 bridgehead atoms. The summed E-state index contributed by atoms with van der Waals surface area (Å²) in [5, 5.41) is 9.73. The molecule has 0 atom stereocenters. The highest BCUT2D eigenvalue weighted by atomic mass is 16.5. The van der Waals surface area contributed by atoms with Gasteiger partial charge >= 0.3 is 0 Å². The van der Waals surface area contributed by atoms with Crippen LogP contribution < -0.4 is 9.47 Å². The fourth-order valence-corrected chi connectivity index (χ4v) is 1.73. The van der Waals surface area contributed by atoms with E-state index in [0.29, 0.717) is 43.1 Å². The van der Waals surface area contributed by atoms with Crippen molar-refractivity contribution in [1.29, 1.82) is 0 Å². The van der Waals surface area contributed by atoms with E-state index in [1.807, 2.05) is 0 Å². The molecule has 0 unspecified atom stereocenters. The summed E-state index contributed by atoms with van der Waals surface area (Å²) < 4.78 is 11.1. The molecule has 0 spiro atoms. The maximum Gasteiger partial charge on any atom is 0.168 e. The van der Waals surface area contributed by atoms with Crippen molar-refractivity contribution < 1.29 is 19.4 Å². The van der Waals surface area contributed by atoms with E-state index in [2.05, 4.69) is 0 Å². The molecule has 4 nitrogen and oxygen atoms in total. The average Bonchev–Trinajstić information content (AvgIpc) is 2.53. The second-order valence-corrected chi connectivity index (χ2v) is 3.65. The summed E-state index contributed by atoms with van der Waals surface area (Å²) in [5.41, 5.74) is 0.659. The number of hydrogen-bond acceptors (Lipinski definition) is 4. The van der Waals surface area contributed by atoms with Gasteiger partial charge < -0.3 is 19.4 Å². The smallest absolute Gasteiger partial charge is 0.168 e. The molecule has 0 saturated heterocycles. The molecule has 2 rings (SSSR count). The van der Waals surface area contributed by atoms with Crippen LogP contribution in [0.2, 0.25) is 0 Å². The number of benzene rings is 1. The van der Waals surface area contributed by atoms with Crippen molar-refractivity contribution in [2.24, 2.45) is 0 Å². The monoisotopic (exact) mass is 222 g/mol. The predicted molar refractivity (Wildman–Crippen MR) is 58.1 cm³/mol. The average molecular weight is 222 g/mol. The van der Waals surface area contributed by atoms with E-state index in [0.717, 1.165) is 12.7 Å². The van der Waals surface area contributed by atoms with Gasteiger partial charge in [0.2, 0.25) is 0 Å². The Bertz CT molecular complexity index is 387. The number of carbonyl (C=O) groups excluding carboxylic acids is 1. The summed E-state index contributed by atoms with van der Waals surface area (Å²) in [6, 6.07) is 3.27. The van der Waals surface area contributed by atoms with Crippen molar-refractivity contribution in [3.63, 3.8) is 0 Å². The molecule has 4 heteroatoms. The number of ether oxygens (including phenoxy) is 2. The Morgan fingerprint density at radius 3 is 2.94 bits per heavy atom. The van der Waals surface area contributed by atoms with Gasteiger partial charge in [0.1, 0.15) is 12.0 Å². The van der Waals surface area contributed by atoms with E-state index in [9.17, 15) is 9.90 Å². The molecule has 1 heterocycles. The third-order valence-electron chi connectivity index (χ3n) is 2.50. The van der Waals surface area contributed by atoms with Crippen LogP contribution in [0.3, 0.4) is 0 Å². The standard InChI is InChI=1S/C12H14O4/c13-6-1-3-9-10(14)4-5-11-12(9)16-8-2-7-15-11/h4-6,14H,1-3,7-8H2. The van der Waals surface area contributed by atoms with Crippen LogP contribution in [0, 0.1) is 0 Å². The van der Waals surface area contributed by atoms with Crippen LogP contribution in [0.15, 0.2) is 12.1 Å². The number of hydrogen-bond donors (Lipinski definition) is 1. The van der Waals surface area contributed by atoms with Crippen molar-refractivity contribution in [2.45, 2.75) is 19.3 Å². The zero-order valence-corrected chi connectivity index (χ0v) is 8.94. The Morgan fingerprint density at radius 2 is 2.12 bits per heavy atom. The number of rotatable bonds is 3. The number of phenols is 1. The second kappa shape index (κ2) is 4.88. The van der Waals surface area contributed by atoms with Crippen LogP contribution in [0.25, 0.3) is 0 Å². The molecule has 0 saturated carbocycles. The van der Waals surface area contributed by atoms with E-state index in [4.69, 9.17) is 9.47 Å². The Morgan fingerprint density at radius 1 is 1.31 bits per heavy atom. The minimum Gasteiger partial charge on any atom is -0.508 e.